The lowest BCUT2D eigenvalue weighted by Crippen LogP contribution is -2.42. The third-order valence-electron chi connectivity index (χ3n) is 5.27. The van der Waals surface area contributed by atoms with E-state index in [0.29, 0.717) is 38.9 Å². The first kappa shape index (κ1) is 24.4. The summed E-state index contributed by atoms with van der Waals surface area (Å²) >= 11 is 0. The second-order valence-corrected chi connectivity index (χ2v) is 9.33. The van der Waals surface area contributed by atoms with Gasteiger partial charge in [-0.1, -0.05) is 37.1 Å². The summed E-state index contributed by atoms with van der Waals surface area (Å²) in [5.41, 5.74) is 1.76. The first-order chi connectivity index (χ1) is 13.6. The average molecular weight is 536 g/mol. The molecule has 1 aliphatic heterocycles. The number of benzene rings is 1. The van der Waals surface area contributed by atoms with Gasteiger partial charge in [-0.2, -0.15) is 4.31 Å². The minimum atomic E-state index is -3.35. The van der Waals surface area contributed by atoms with Crippen LogP contribution in [0.25, 0.3) is 0 Å². The molecule has 3 rings (SSSR count). The standard InChI is InChI=1S/C20H32N4O3S.HI/c1-2-21-20(23-19-9-5-6-10-19)22-15-17-7-3-4-8-18(17)16-28(25,26)24-11-13-27-14-12-24;/h3-4,7-8,19H,2,5-6,9-16H2,1H3,(H2,21,22,23);1H. The van der Waals surface area contributed by atoms with E-state index in [2.05, 4.69) is 17.6 Å². The number of aliphatic imine (C=N–C) groups is 1. The topological polar surface area (TPSA) is 83.0 Å². The zero-order chi connectivity index (χ0) is 19.8. The van der Waals surface area contributed by atoms with Crippen LogP contribution in [0.4, 0.5) is 0 Å². The number of sulfonamides is 1. The van der Waals surface area contributed by atoms with Crippen LogP contribution in [0.5, 0.6) is 0 Å². The van der Waals surface area contributed by atoms with Crippen molar-refractivity contribution in [2.45, 2.75) is 50.9 Å². The molecule has 0 aromatic heterocycles. The van der Waals surface area contributed by atoms with Gasteiger partial charge in [0.1, 0.15) is 0 Å². The maximum atomic E-state index is 12.8. The maximum absolute atomic E-state index is 12.8. The van der Waals surface area contributed by atoms with Crippen LogP contribution < -0.4 is 10.6 Å². The number of hydrogen-bond donors (Lipinski definition) is 2. The quantitative estimate of drug-likeness (QED) is 0.318. The molecule has 0 bridgehead atoms. The summed E-state index contributed by atoms with van der Waals surface area (Å²) < 4.78 is 32.4. The Hall–Kier alpha value is -0.910. The Kier molecular flexibility index (Phi) is 10.1. The first-order valence-corrected chi connectivity index (χ1v) is 11.9. The highest BCUT2D eigenvalue weighted by Crippen LogP contribution is 2.19. The van der Waals surface area contributed by atoms with Gasteiger partial charge in [0.2, 0.25) is 10.0 Å². The fraction of sp³-hybridized carbons (Fsp3) is 0.650. The summed E-state index contributed by atoms with van der Waals surface area (Å²) in [7, 11) is -3.35. The van der Waals surface area contributed by atoms with Crippen molar-refractivity contribution >= 4 is 40.0 Å². The molecule has 0 radical (unpaired) electrons. The first-order valence-electron chi connectivity index (χ1n) is 10.3. The van der Waals surface area contributed by atoms with Crippen LogP contribution in [0.3, 0.4) is 0 Å². The lowest BCUT2D eigenvalue weighted by molar-refractivity contribution is 0.0729. The van der Waals surface area contributed by atoms with E-state index in [0.717, 1.165) is 23.6 Å². The van der Waals surface area contributed by atoms with E-state index in [9.17, 15) is 8.42 Å². The van der Waals surface area contributed by atoms with Gasteiger partial charge < -0.3 is 15.4 Å². The lowest BCUT2D eigenvalue weighted by atomic mass is 10.1. The highest BCUT2D eigenvalue weighted by atomic mass is 127. The Morgan fingerprint density at radius 1 is 1.17 bits per heavy atom. The van der Waals surface area contributed by atoms with Crippen molar-refractivity contribution in [1.82, 2.24) is 14.9 Å². The molecule has 2 aliphatic rings. The summed E-state index contributed by atoms with van der Waals surface area (Å²) in [5.74, 6) is 0.811. The van der Waals surface area contributed by atoms with E-state index >= 15 is 0 Å². The fourth-order valence-electron chi connectivity index (χ4n) is 3.71. The number of ether oxygens (including phenoxy) is 1. The number of guanidine groups is 1. The van der Waals surface area contributed by atoms with Gasteiger partial charge in [0.15, 0.2) is 5.96 Å². The summed E-state index contributed by atoms with van der Waals surface area (Å²) in [6.45, 7) is 5.09. The molecule has 9 heteroatoms. The molecule has 0 atom stereocenters. The van der Waals surface area contributed by atoms with E-state index in [4.69, 9.17) is 9.73 Å². The van der Waals surface area contributed by atoms with Gasteiger partial charge in [-0.05, 0) is 30.9 Å². The van der Waals surface area contributed by atoms with Crippen molar-refractivity contribution < 1.29 is 13.2 Å². The van der Waals surface area contributed by atoms with Crippen LogP contribution in [0.1, 0.15) is 43.7 Å². The summed E-state index contributed by atoms with van der Waals surface area (Å²) in [4.78, 5) is 4.72. The van der Waals surface area contributed by atoms with Crippen LogP contribution in [-0.2, 0) is 27.1 Å². The molecule has 1 heterocycles. The molecule has 2 fully saturated rings. The molecular weight excluding hydrogens is 503 g/mol. The Labute approximate surface area is 191 Å². The zero-order valence-electron chi connectivity index (χ0n) is 17.1. The van der Waals surface area contributed by atoms with E-state index in [1.54, 1.807) is 0 Å². The summed E-state index contributed by atoms with van der Waals surface area (Å²) in [6, 6.07) is 8.16. The monoisotopic (exact) mass is 536 g/mol. The largest absolute Gasteiger partial charge is 0.379 e. The van der Waals surface area contributed by atoms with Crippen LogP contribution in [-0.4, -0.2) is 57.6 Å². The van der Waals surface area contributed by atoms with Crippen molar-refractivity contribution in [3.63, 3.8) is 0 Å². The molecule has 1 aliphatic carbocycles. The molecular formula is C20H33IN4O3S. The molecule has 0 unspecified atom stereocenters. The molecule has 164 valence electrons. The predicted molar refractivity (Wildman–Crippen MR) is 127 cm³/mol. The molecule has 1 aromatic carbocycles. The minimum Gasteiger partial charge on any atom is -0.379 e. The average Bonchev–Trinajstić information content (AvgIpc) is 3.21. The fourth-order valence-corrected chi connectivity index (χ4v) is 5.28. The van der Waals surface area contributed by atoms with Gasteiger partial charge in [0.25, 0.3) is 0 Å². The Morgan fingerprint density at radius 3 is 2.48 bits per heavy atom. The van der Waals surface area contributed by atoms with Crippen LogP contribution in [0.15, 0.2) is 29.3 Å². The molecule has 0 spiro atoms. The number of nitrogens with one attached hydrogen (secondary N) is 2. The lowest BCUT2D eigenvalue weighted by Gasteiger charge is -2.26. The number of halogens is 1. The molecule has 1 saturated heterocycles. The molecule has 2 N–H and O–H groups in total. The Balaban J connectivity index is 0.00000300. The molecule has 0 amide bonds. The third-order valence-corrected chi connectivity index (χ3v) is 7.10. The number of nitrogens with zero attached hydrogens (tertiary/aromatic N) is 2. The van der Waals surface area contributed by atoms with E-state index in [1.807, 2.05) is 24.3 Å². The van der Waals surface area contributed by atoms with Gasteiger partial charge in [-0.3, -0.25) is 0 Å². The van der Waals surface area contributed by atoms with Gasteiger partial charge in [0.05, 0.1) is 25.5 Å². The number of hydrogen-bond acceptors (Lipinski definition) is 4. The van der Waals surface area contributed by atoms with E-state index in [1.165, 1.54) is 30.0 Å². The maximum Gasteiger partial charge on any atom is 0.218 e. The summed E-state index contributed by atoms with van der Waals surface area (Å²) in [6.07, 6.45) is 4.89. The molecule has 1 aromatic rings. The predicted octanol–water partition coefficient (Wildman–Crippen LogP) is 2.46. The minimum absolute atomic E-state index is 0. The SMILES string of the molecule is CCNC(=NCc1ccccc1CS(=O)(=O)N1CCOCC1)NC1CCCC1.I. The zero-order valence-corrected chi connectivity index (χ0v) is 20.2. The van der Waals surface area contributed by atoms with E-state index < -0.39 is 10.0 Å². The van der Waals surface area contributed by atoms with Crippen LogP contribution >= 0.6 is 24.0 Å². The normalized spacial score (nSPS) is 19.0. The second-order valence-electron chi connectivity index (χ2n) is 7.36. The van der Waals surface area contributed by atoms with E-state index in [-0.39, 0.29) is 29.7 Å². The van der Waals surface area contributed by atoms with Gasteiger partial charge >= 0.3 is 0 Å². The van der Waals surface area contributed by atoms with Crippen LogP contribution in [0.2, 0.25) is 0 Å². The van der Waals surface area contributed by atoms with Crippen molar-refractivity contribution in [3.05, 3.63) is 35.4 Å². The Morgan fingerprint density at radius 2 is 1.83 bits per heavy atom. The number of rotatable bonds is 7. The molecule has 7 nitrogen and oxygen atoms in total. The van der Waals surface area contributed by atoms with Gasteiger partial charge in [0, 0.05) is 25.7 Å². The van der Waals surface area contributed by atoms with Crippen LogP contribution in [0, 0.1) is 0 Å². The molecule has 1 saturated carbocycles. The van der Waals surface area contributed by atoms with Gasteiger partial charge in [-0.25, -0.2) is 13.4 Å². The van der Waals surface area contributed by atoms with Crippen molar-refractivity contribution in [3.8, 4) is 0 Å². The highest BCUT2D eigenvalue weighted by molar-refractivity contribution is 14.0. The number of morpholine rings is 1. The smallest absolute Gasteiger partial charge is 0.218 e. The van der Waals surface area contributed by atoms with Crippen molar-refractivity contribution in [1.29, 1.82) is 0 Å². The van der Waals surface area contributed by atoms with Gasteiger partial charge in [-0.15, -0.1) is 24.0 Å². The summed E-state index contributed by atoms with van der Waals surface area (Å²) in [5, 5.41) is 6.80. The third kappa shape index (κ3) is 7.37. The molecule has 29 heavy (non-hydrogen) atoms. The van der Waals surface area contributed by atoms with Crippen molar-refractivity contribution in [2.24, 2.45) is 4.99 Å². The second kappa shape index (κ2) is 12.1. The Bertz CT molecular complexity index is 761. The highest BCUT2D eigenvalue weighted by Gasteiger charge is 2.25. The van der Waals surface area contributed by atoms with Crippen molar-refractivity contribution in [2.75, 3.05) is 32.8 Å².